The number of hydrogen-bond donors (Lipinski definition) is 2. The van der Waals surface area contributed by atoms with Crippen LogP contribution in [0.15, 0.2) is 23.0 Å². The molecule has 0 saturated carbocycles. The maximum Gasteiger partial charge on any atom is 0.189 e. The molecular formula is C12H20N4S. The number of aromatic nitrogens is 1. The Bertz CT molecular complexity index is 401. The third-order valence-electron chi connectivity index (χ3n) is 2.13. The number of aliphatic imine (C=N–C) groups is 1. The number of guanidine groups is 1. The highest BCUT2D eigenvalue weighted by Crippen LogP contribution is 2.24. The van der Waals surface area contributed by atoms with Gasteiger partial charge in [-0.05, 0) is 0 Å². The second-order valence-electron chi connectivity index (χ2n) is 4.75. The van der Waals surface area contributed by atoms with Crippen molar-refractivity contribution in [1.29, 1.82) is 0 Å². The Morgan fingerprint density at radius 2 is 2.35 bits per heavy atom. The van der Waals surface area contributed by atoms with E-state index in [1.54, 1.807) is 17.4 Å². The summed E-state index contributed by atoms with van der Waals surface area (Å²) in [5, 5.41) is 5.99. The molecule has 17 heavy (non-hydrogen) atoms. The van der Waals surface area contributed by atoms with Gasteiger partial charge in [-0.15, -0.1) is 17.9 Å². The Hall–Kier alpha value is -1.36. The van der Waals surface area contributed by atoms with Crippen LogP contribution in [0.25, 0.3) is 0 Å². The van der Waals surface area contributed by atoms with Crippen molar-refractivity contribution in [3.05, 3.63) is 28.7 Å². The molecule has 94 valence electrons. The van der Waals surface area contributed by atoms with Gasteiger partial charge in [0.1, 0.15) is 5.01 Å². The molecule has 0 amide bonds. The van der Waals surface area contributed by atoms with Gasteiger partial charge in [-0.3, -0.25) is 0 Å². The van der Waals surface area contributed by atoms with E-state index in [-0.39, 0.29) is 5.41 Å². The van der Waals surface area contributed by atoms with Gasteiger partial charge in [0.15, 0.2) is 5.96 Å². The second-order valence-corrected chi connectivity index (χ2v) is 5.69. The monoisotopic (exact) mass is 252 g/mol. The fraction of sp³-hybridized carbons (Fsp3) is 0.500. The van der Waals surface area contributed by atoms with Gasteiger partial charge in [0, 0.05) is 17.3 Å². The lowest BCUT2D eigenvalue weighted by Gasteiger charge is -2.14. The zero-order chi connectivity index (χ0) is 12.9. The molecule has 0 unspecified atom stereocenters. The molecule has 1 rings (SSSR count). The summed E-state index contributed by atoms with van der Waals surface area (Å²) < 4.78 is 0. The summed E-state index contributed by atoms with van der Waals surface area (Å²) in [6, 6.07) is 0. The molecule has 0 aliphatic heterocycles. The Labute approximate surface area is 107 Å². The molecular weight excluding hydrogens is 232 g/mol. The molecule has 0 aliphatic carbocycles. The molecule has 1 aromatic heterocycles. The van der Waals surface area contributed by atoms with Crippen molar-refractivity contribution in [2.24, 2.45) is 10.7 Å². The van der Waals surface area contributed by atoms with Crippen LogP contribution in [0.4, 0.5) is 0 Å². The minimum Gasteiger partial charge on any atom is -0.370 e. The van der Waals surface area contributed by atoms with Crippen molar-refractivity contribution < 1.29 is 0 Å². The first-order chi connectivity index (χ1) is 7.93. The van der Waals surface area contributed by atoms with Crippen LogP contribution < -0.4 is 11.1 Å². The van der Waals surface area contributed by atoms with Crippen molar-refractivity contribution in [3.63, 3.8) is 0 Å². The molecule has 0 aromatic carbocycles. The van der Waals surface area contributed by atoms with Crippen LogP contribution in [-0.2, 0) is 12.0 Å². The average Bonchev–Trinajstić information content (AvgIpc) is 2.71. The van der Waals surface area contributed by atoms with E-state index in [0.717, 1.165) is 10.7 Å². The fourth-order valence-corrected chi connectivity index (χ4v) is 2.06. The average molecular weight is 252 g/mol. The first kappa shape index (κ1) is 13.7. The second kappa shape index (κ2) is 5.82. The van der Waals surface area contributed by atoms with Crippen LogP contribution in [0, 0.1) is 0 Å². The van der Waals surface area contributed by atoms with Gasteiger partial charge in [-0.1, -0.05) is 26.8 Å². The summed E-state index contributed by atoms with van der Waals surface area (Å²) >= 11 is 1.62. The van der Waals surface area contributed by atoms with Gasteiger partial charge in [0.2, 0.25) is 0 Å². The largest absolute Gasteiger partial charge is 0.370 e. The number of nitrogens with zero attached hydrogens (tertiary/aromatic N) is 2. The SMILES string of the molecule is C=CCNC(N)=NCc1nc(C(C)(C)C)cs1. The topological polar surface area (TPSA) is 63.3 Å². The lowest BCUT2D eigenvalue weighted by atomic mass is 9.93. The quantitative estimate of drug-likeness (QED) is 0.489. The summed E-state index contributed by atoms with van der Waals surface area (Å²) in [5.41, 5.74) is 6.86. The number of thiazole rings is 1. The Kier molecular flexibility index (Phi) is 4.69. The predicted molar refractivity (Wildman–Crippen MR) is 74.3 cm³/mol. The normalized spacial score (nSPS) is 12.5. The van der Waals surface area contributed by atoms with E-state index in [1.807, 2.05) is 0 Å². The molecule has 3 N–H and O–H groups in total. The van der Waals surface area contributed by atoms with Crippen molar-refractivity contribution in [1.82, 2.24) is 10.3 Å². The molecule has 4 nitrogen and oxygen atoms in total. The fourth-order valence-electron chi connectivity index (χ4n) is 1.11. The van der Waals surface area contributed by atoms with Gasteiger partial charge in [-0.25, -0.2) is 9.98 Å². The Morgan fingerprint density at radius 3 is 2.88 bits per heavy atom. The van der Waals surface area contributed by atoms with E-state index in [4.69, 9.17) is 5.73 Å². The van der Waals surface area contributed by atoms with Crippen molar-refractivity contribution in [3.8, 4) is 0 Å². The van der Waals surface area contributed by atoms with Crippen molar-refractivity contribution >= 4 is 17.3 Å². The lowest BCUT2D eigenvalue weighted by Crippen LogP contribution is -2.31. The van der Waals surface area contributed by atoms with Crippen LogP contribution in [0.3, 0.4) is 0 Å². The first-order valence-corrected chi connectivity index (χ1v) is 6.41. The highest BCUT2D eigenvalue weighted by molar-refractivity contribution is 7.09. The summed E-state index contributed by atoms with van der Waals surface area (Å²) in [6.45, 7) is 11.2. The number of nitrogens with two attached hydrogens (primary N) is 1. The molecule has 1 aromatic rings. The molecule has 0 saturated heterocycles. The minimum atomic E-state index is 0.0884. The van der Waals surface area contributed by atoms with E-state index in [2.05, 4.69) is 48.0 Å². The van der Waals surface area contributed by atoms with Crippen molar-refractivity contribution in [2.75, 3.05) is 6.54 Å². The zero-order valence-corrected chi connectivity index (χ0v) is 11.5. The summed E-state index contributed by atoms with van der Waals surface area (Å²) in [4.78, 5) is 8.75. The van der Waals surface area contributed by atoms with Gasteiger partial charge >= 0.3 is 0 Å². The van der Waals surface area contributed by atoms with Gasteiger partial charge < -0.3 is 11.1 Å². The highest BCUT2D eigenvalue weighted by atomic mass is 32.1. The van der Waals surface area contributed by atoms with Gasteiger partial charge in [-0.2, -0.15) is 0 Å². The summed E-state index contributed by atoms with van der Waals surface area (Å²) in [5.74, 6) is 0.428. The maximum atomic E-state index is 5.67. The van der Waals surface area contributed by atoms with Gasteiger partial charge in [0.05, 0.1) is 12.2 Å². The molecule has 0 atom stereocenters. The van der Waals surface area contributed by atoms with E-state index < -0.39 is 0 Å². The standard InChI is InChI=1S/C12H20N4S/c1-5-6-14-11(13)15-7-10-16-9(8-17-10)12(2,3)4/h5,8H,1,6-7H2,2-4H3,(H3,13,14,15). The minimum absolute atomic E-state index is 0.0884. The van der Waals surface area contributed by atoms with Crippen LogP contribution in [0.1, 0.15) is 31.5 Å². The zero-order valence-electron chi connectivity index (χ0n) is 10.7. The number of rotatable bonds is 4. The third-order valence-corrected chi connectivity index (χ3v) is 2.97. The van der Waals surface area contributed by atoms with Crippen LogP contribution in [0.5, 0.6) is 0 Å². The lowest BCUT2D eigenvalue weighted by molar-refractivity contribution is 0.571. The number of nitrogens with one attached hydrogen (secondary N) is 1. The van der Waals surface area contributed by atoms with E-state index >= 15 is 0 Å². The smallest absolute Gasteiger partial charge is 0.189 e. The Balaban J connectivity index is 2.58. The van der Waals surface area contributed by atoms with Crippen LogP contribution in [-0.4, -0.2) is 17.5 Å². The van der Waals surface area contributed by atoms with E-state index in [0.29, 0.717) is 19.0 Å². The molecule has 0 aliphatic rings. The molecule has 5 heteroatoms. The first-order valence-electron chi connectivity index (χ1n) is 5.53. The molecule has 0 spiro atoms. The third kappa shape index (κ3) is 4.56. The molecule has 0 bridgehead atoms. The van der Waals surface area contributed by atoms with E-state index in [9.17, 15) is 0 Å². The van der Waals surface area contributed by atoms with Crippen LogP contribution >= 0.6 is 11.3 Å². The van der Waals surface area contributed by atoms with Crippen molar-refractivity contribution in [2.45, 2.75) is 32.7 Å². The van der Waals surface area contributed by atoms with Gasteiger partial charge in [0.25, 0.3) is 0 Å². The predicted octanol–water partition coefficient (Wildman–Crippen LogP) is 2.03. The molecule has 0 fully saturated rings. The van der Waals surface area contributed by atoms with Crippen LogP contribution in [0.2, 0.25) is 0 Å². The molecule has 0 radical (unpaired) electrons. The van der Waals surface area contributed by atoms with E-state index in [1.165, 1.54) is 0 Å². The highest BCUT2D eigenvalue weighted by Gasteiger charge is 2.17. The summed E-state index contributed by atoms with van der Waals surface area (Å²) in [7, 11) is 0. The molecule has 1 heterocycles. The Morgan fingerprint density at radius 1 is 1.65 bits per heavy atom. The number of hydrogen-bond acceptors (Lipinski definition) is 3. The maximum absolute atomic E-state index is 5.67. The summed E-state index contributed by atoms with van der Waals surface area (Å²) in [6.07, 6.45) is 1.74.